The summed E-state index contributed by atoms with van der Waals surface area (Å²) >= 11 is 0. The van der Waals surface area contributed by atoms with Gasteiger partial charge >= 0.3 is 11.9 Å². The van der Waals surface area contributed by atoms with E-state index in [-0.39, 0.29) is 11.1 Å². The van der Waals surface area contributed by atoms with Crippen molar-refractivity contribution in [1.29, 1.82) is 0 Å². The minimum absolute atomic E-state index is 0.0891. The molecule has 194 valence electrons. The third-order valence-electron chi connectivity index (χ3n) is 5.26. The first-order valence-corrected chi connectivity index (χ1v) is 11.2. The second-order valence-electron chi connectivity index (χ2n) is 7.73. The zero-order chi connectivity index (χ0) is 28.1. The third-order valence-corrected chi connectivity index (χ3v) is 5.26. The van der Waals surface area contributed by atoms with Gasteiger partial charge in [0, 0.05) is 6.92 Å². The predicted octanol–water partition coefficient (Wildman–Crippen LogP) is 6.85. The Morgan fingerprint density at radius 2 is 0.763 bits per heavy atom. The molecule has 0 saturated heterocycles. The second kappa shape index (κ2) is 14.5. The maximum atomic E-state index is 11.1. The third kappa shape index (κ3) is 7.72. The van der Waals surface area contributed by atoms with Crippen LogP contribution in [-0.2, 0) is 4.79 Å². The Morgan fingerprint density at radius 3 is 1.11 bits per heavy atom. The molecule has 8 nitrogen and oxygen atoms in total. The van der Waals surface area contributed by atoms with E-state index in [9.17, 15) is 9.59 Å². The molecule has 0 unspecified atom stereocenters. The van der Waals surface area contributed by atoms with Crippen molar-refractivity contribution < 1.29 is 40.2 Å². The lowest BCUT2D eigenvalue weighted by Gasteiger charge is -2.08. The molecule has 0 aliphatic rings. The van der Waals surface area contributed by atoms with Crippen LogP contribution in [0.5, 0.6) is 0 Å². The normalized spacial score (nSPS) is 9.55. The van der Waals surface area contributed by atoms with Crippen LogP contribution in [0.4, 0.5) is 0 Å². The van der Waals surface area contributed by atoms with Gasteiger partial charge in [0.2, 0.25) is 0 Å². The topological polar surface area (TPSA) is 152 Å². The van der Waals surface area contributed by atoms with Crippen LogP contribution in [0.15, 0.2) is 109 Å². The molecule has 0 saturated carbocycles. The number of carboxylic acid groups (broad SMARTS) is 3. The molecule has 0 fully saturated rings. The average Bonchev–Trinajstić information content (AvgIpc) is 2.94. The maximum Gasteiger partial charge on any atom is 0.336 e. The van der Waals surface area contributed by atoms with Gasteiger partial charge in [-0.05, 0) is 44.8 Å². The lowest BCUT2D eigenvalue weighted by Crippen LogP contribution is -2.03. The summed E-state index contributed by atoms with van der Waals surface area (Å²) in [7, 11) is 0. The summed E-state index contributed by atoms with van der Waals surface area (Å²) in [6.07, 6.45) is 0. The van der Waals surface area contributed by atoms with Gasteiger partial charge < -0.3 is 15.3 Å². The smallest absolute Gasteiger partial charge is 0.336 e. The van der Waals surface area contributed by atoms with E-state index in [2.05, 4.69) is 60.7 Å². The zero-order valence-corrected chi connectivity index (χ0v) is 20.4. The quantitative estimate of drug-likeness (QED) is 0.0995. The highest BCUT2D eigenvalue weighted by Crippen LogP contribution is 2.27. The molecule has 0 aliphatic carbocycles. The number of carboxylic acids is 3. The number of aromatic carboxylic acids is 2. The van der Waals surface area contributed by atoms with E-state index < -0.39 is 17.9 Å². The fraction of sp³-hybridized carbons (Fsp3) is 0.0333. The van der Waals surface area contributed by atoms with Gasteiger partial charge in [-0.25, -0.2) is 9.59 Å². The Labute approximate surface area is 218 Å². The molecule has 5 aromatic carbocycles. The molecular formula is C30H26O8. The first kappa shape index (κ1) is 29.2. The largest absolute Gasteiger partial charge is 0.481 e. The SMILES string of the molecule is CC(=O)O.O=C(O)c1ccccc1-c1ccccc1C(=O)O.OO.c1ccc2c(c1)ccc1ccccc12. The Morgan fingerprint density at radius 1 is 0.474 bits per heavy atom. The summed E-state index contributed by atoms with van der Waals surface area (Å²) in [6.45, 7) is 1.08. The van der Waals surface area contributed by atoms with Gasteiger partial charge in [0.1, 0.15) is 0 Å². The fourth-order valence-electron chi connectivity index (χ4n) is 3.76. The summed E-state index contributed by atoms with van der Waals surface area (Å²) in [6, 6.07) is 34.1. The van der Waals surface area contributed by atoms with Crippen molar-refractivity contribution >= 4 is 39.5 Å². The number of hydrogen-bond donors (Lipinski definition) is 5. The number of hydrogen-bond acceptors (Lipinski definition) is 5. The summed E-state index contributed by atoms with van der Waals surface area (Å²) in [4.78, 5) is 31.3. The molecule has 0 amide bonds. The van der Waals surface area contributed by atoms with E-state index in [1.807, 2.05) is 0 Å². The molecule has 0 radical (unpaired) electrons. The number of aliphatic carboxylic acids is 1. The van der Waals surface area contributed by atoms with Crippen molar-refractivity contribution in [1.82, 2.24) is 0 Å². The Kier molecular flexibility index (Phi) is 11.1. The first-order valence-electron chi connectivity index (χ1n) is 11.2. The standard InChI is InChI=1S/C14H10O4.C14H10.C2H4O2.H2O2/c15-13(16)11-7-3-1-5-9(11)10-6-2-4-8-12(10)14(17)18;1-3-7-13-11(5-1)9-10-12-6-2-4-8-14(12)13;1-2(3)4;1-2/h1-8H,(H,15,16)(H,17,18);1-10H;1H3,(H,3,4);1-2H. The van der Waals surface area contributed by atoms with E-state index >= 15 is 0 Å². The molecule has 38 heavy (non-hydrogen) atoms. The second-order valence-corrected chi connectivity index (χ2v) is 7.73. The van der Waals surface area contributed by atoms with Gasteiger partial charge in [0.25, 0.3) is 5.97 Å². The van der Waals surface area contributed by atoms with Crippen LogP contribution in [-0.4, -0.2) is 43.7 Å². The average molecular weight is 515 g/mol. The van der Waals surface area contributed by atoms with Crippen molar-refractivity contribution in [2.45, 2.75) is 6.92 Å². The van der Waals surface area contributed by atoms with Crippen molar-refractivity contribution in [2.24, 2.45) is 0 Å². The highest BCUT2D eigenvalue weighted by atomic mass is 17.0. The predicted molar refractivity (Wildman–Crippen MR) is 146 cm³/mol. The minimum Gasteiger partial charge on any atom is -0.481 e. The van der Waals surface area contributed by atoms with Gasteiger partial charge in [-0.3, -0.25) is 15.3 Å². The highest BCUT2D eigenvalue weighted by Gasteiger charge is 2.16. The molecule has 5 N–H and O–H groups in total. The minimum atomic E-state index is -1.08. The first-order chi connectivity index (χ1) is 18.3. The fourth-order valence-corrected chi connectivity index (χ4v) is 3.76. The highest BCUT2D eigenvalue weighted by molar-refractivity contribution is 6.07. The van der Waals surface area contributed by atoms with Crippen LogP contribution in [0, 0.1) is 0 Å². The van der Waals surface area contributed by atoms with Crippen LogP contribution in [0.25, 0.3) is 32.7 Å². The summed E-state index contributed by atoms with van der Waals surface area (Å²) in [5, 5.41) is 42.9. The van der Waals surface area contributed by atoms with Crippen molar-refractivity contribution in [3.05, 3.63) is 120 Å². The van der Waals surface area contributed by atoms with Crippen molar-refractivity contribution in [3.8, 4) is 11.1 Å². The number of benzene rings is 5. The van der Waals surface area contributed by atoms with Gasteiger partial charge in [-0.1, -0.05) is 97.1 Å². The Balaban J connectivity index is 0.000000225. The molecule has 8 heteroatoms. The molecule has 0 aromatic heterocycles. The van der Waals surface area contributed by atoms with Gasteiger partial charge in [0.15, 0.2) is 0 Å². The van der Waals surface area contributed by atoms with E-state index in [1.165, 1.54) is 33.7 Å². The Bertz CT molecular complexity index is 1430. The van der Waals surface area contributed by atoms with Crippen LogP contribution >= 0.6 is 0 Å². The van der Waals surface area contributed by atoms with E-state index in [4.69, 9.17) is 30.6 Å². The maximum absolute atomic E-state index is 11.1. The molecule has 0 heterocycles. The summed E-state index contributed by atoms with van der Waals surface area (Å²) in [5.74, 6) is -2.99. The zero-order valence-electron chi connectivity index (χ0n) is 20.4. The van der Waals surface area contributed by atoms with E-state index in [0.717, 1.165) is 6.92 Å². The van der Waals surface area contributed by atoms with Crippen molar-refractivity contribution in [2.75, 3.05) is 0 Å². The van der Waals surface area contributed by atoms with Gasteiger partial charge in [-0.2, -0.15) is 0 Å². The molecule has 5 rings (SSSR count). The summed E-state index contributed by atoms with van der Waals surface area (Å²) in [5.41, 5.74) is 0.989. The van der Waals surface area contributed by atoms with Crippen LogP contribution in [0.2, 0.25) is 0 Å². The summed E-state index contributed by atoms with van der Waals surface area (Å²) < 4.78 is 0. The number of fused-ring (bicyclic) bond motifs is 3. The van der Waals surface area contributed by atoms with E-state index in [1.54, 1.807) is 36.4 Å². The molecule has 5 aromatic rings. The molecule has 0 aliphatic heterocycles. The Hall–Kier alpha value is -5.05. The van der Waals surface area contributed by atoms with Crippen LogP contribution in [0.3, 0.4) is 0 Å². The number of rotatable bonds is 3. The van der Waals surface area contributed by atoms with Crippen molar-refractivity contribution in [3.63, 3.8) is 0 Å². The van der Waals surface area contributed by atoms with Crippen LogP contribution < -0.4 is 0 Å². The lowest BCUT2D eigenvalue weighted by molar-refractivity contribution is -0.176. The molecule has 0 atom stereocenters. The number of carbonyl (C=O) groups is 3. The van der Waals surface area contributed by atoms with Crippen LogP contribution in [0.1, 0.15) is 27.6 Å². The monoisotopic (exact) mass is 514 g/mol. The van der Waals surface area contributed by atoms with Gasteiger partial charge in [0.05, 0.1) is 11.1 Å². The van der Waals surface area contributed by atoms with Gasteiger partial charge in [-0.15, -0.1) is 0 Å². The molecule has 0 bridgehead atoms. The molecule has 0 spiro atoms. The molecular weight excluding hydrogens is 488 g/mol. The van der Waals surface area contributed by atoms with E-state index in [0.29, 0.717) is 11.1 Å². The lowest BCUT2D eigenvalue weighted by atomic mass is 9.95.